The number of nitrogens with zero attached hydrogens (tertiary/aromatic N) is 1. The Morgan fingerprint density at radius 3 is 3.08 bits per heavy atom. The van der Waals surface area contributed by atoms with Gasteiger partial charge in [0.1, 0.15) is 12.8 Å². The van der Waals surface area contributed by atoms with Crippen LogP contribution in [0.3, 0.4) is 0 Å². The van der Waals surface area contributed by atoms with Crippen LogP contribution in [-0.2, 0) is 9.53 Å². The molecule has 0 saturated carbocycles. The first kappa shape index (κ1) is 10.2. The highest BCUT2D eigenvalue weighted by Gasteiger charge is 2.21. The van der Waals surface area contributed by atoms with Crippen molar-refractivity contribution in [3.8, 4) is 0 Å². The van der Waals surface area contributed by atoms with Crippen molar-refractivity contribution in [1.29, 1.82) is 0 Å². The number of carbonyl (C=O) groups is 1. The first-order chi connectivity index (χ1) is 6.24. The minimum atomic E-state index is -0.409. The second-order valence-corrected chi connectivity index (χ2v) is 3.03. The SMILES string of the molecule is C=CC(=O)OCCN1CCCC1O. The molecule has 1 atom stereocenters. The number of ether oxygens (including phenoxy) is 1. The highest BCUT2D eigenvalue weighted by atomic mass is 16.5. The molecule has 0 amide bonds. The van der Waals surface area contributed by atoms with Crippen molar-refractivity contribution in [3.05, 3.63) is 12.7 Å². The Morgan fingerprint density at radius 2 is 2.54 bits per heavy atom. The summed E-state index contributed by atoms with van der Waals surface area (Å²) in [5.41, 5.74) is 0. The zero-order valence-corrected chi connectivity index (χ0v) is 7.61. The molecule has 1 rings (SSSR count). The average Bonchev–Trinajstić information content (AvgIpc) is 2.52. The van der Waals surface area contributed by atoms with Crippen molar-refractivity contribution in [2.75, 3.05) is 19.7 Å². The highest BCUT2D eigenvalue weighted by molar-refractivity contribution is 5.81. The molecule has 1 unspecified atom stereocenters. The van der Waals surface area contributed by atoms with Gasteiger partial charge in [-0.05, 0) is 12.8 Å². The lowest BCUT2D eigenvalue weighted by Crippen LogP contribution is -2.32. The van der Waals surface area contributed by atoms with Crippen LogP contribution in [0.1, 0.15) is 12.8 Å². The maximum absolute atomic E-state index is 10.6. The maximum atomic E-state index is 10.6. The number of esters is 1. The van der Waals surface area contributed by atoms with Crippen LogP contribution < -0.4 is 0 Å². The molecule has 1 aliphatic heterocycles. The maximum Gasteiger partial charge on any atom is 0.330 e. The molecular weight excluding hydrogens is 170 g/mol. The van der Waals surface area contributed by atoms with Gasteiger partial charge in [0.2, 0.25) is 0 Å². The standard InChI is InChI=1S/C9H15NO3/c1-2-9(12)13-7-6-10-5-3-4-8(10)11/h2,8,11H,1,3-7H2. The summed E-state index contributed by atoms with van der Waals surface area (Å²) in [4.78, 5) is 12.5. The summed E-state index contributed by atoms with van der Waals surface area (Å²) in [5, 5.41) is 9.38. The molecule has 0 aromatic rings. The molecule has 0 spiro atoms. The molecule has 0 aromatic heterocycles. The van der Waals surface area contributed by atoms with E-state index in [9.17, 15) is 9.90 Å². The number of rotatable bonds is 4. The van der Waals surface area contributed by atoms with Gasteiger partial charge >= 0.3 is 5.97 Å². The van der Waals surface area contributed by atoms with E-state index in [1.54, 1.807) is 0 Å². The van der Waals surface area contributed by atoms with E-state index in [0.717, 1.165) is 25.5 Å². The zero-order chi connectivity index (χ0) is 9.68. The van der Waals surface area contributed by atoms with E-state index in [0.29, 0.717) is 13.2 Å². The quantitative estimate of drug-likeness (QED) is 0.499. The van der Waals surface area contributed by atoms with Crippen LogP contribution >= 0.6 is 0 Å². The Morgan fingerprint density at radius 1 is 1.77 bits per heavy atom. The van der Waals surface area contributed by atoms with Crippen LogP contribution in [0.4, 0.5) is 0 Å². The predicted octanol–water partition coefficient (Wildman–Crippen LogP) is 0.130. The molecule has 74 valence electrons. The molecule has 0 radical (unpaired) electrons. The fraction of sp³-hybridized carbons (Fsp3) is 0.667. The second kappa shape index (κ2) is 4.99. The van der Waals surface area contributed by atoms with Gasteiger partial charge in [0.05, 0.1) is 0 Å². The summed E-state index contributed by atoms with van der Waals surface area (Å²) < 4.78 is 4.79. The van der Waals surface area contributed by atoms with E-state index >= 15 is 0 Å². The summed E-state index contributed by atoms with van der Waals surface area (Å²) in [6.07, 6.45) is 2.61. The van der Waals surface area contributed by atoms with E-state index in [-0.39, 0.29) is 6.23 Å². The van der Waals surface area contributed by atoms with Crippen LogP contribution in [0.15, 0.2) is 12.7 Å². The summed E-state index contributed by atoms with van der Waals surface area (Å²) in [7, 11) is 0. The molecule has 1 heterocycles. The average molecular weight is 185 g/mol. The number of hydrogen-bond donors (Lipinski definition) is 1. The van der Waals surface area contributed by atoms with Crippen molar-refractivity contribution < 1.29 is 14.6 Å². The van der Waals surface area contributed by atoms with Gasteiger partial charge in [-0.3, -0.25) is 4.90 Å². The molecule has 4 heteroatoms. The van der Waals surface area contributed by atoms with E-state index in [4.69, 9.17) is 4.74 Å². The van der Waals surface area contributed by atoms with Crippen LogP contribution in [0.2, 0.25) is 0 Å². The van der Waals surface area contributed by atoms with E-state index in [1.807, 2.05) is 4.90 Å². The molecule has 0 bridgehead atoms. The summed E-state index contributed by atoms with van der Waals surface area (Å²) in [6, 6.07) is 0. The Balaban J connectivity index is 2.11. The monoisotopic (exact) mass is 185 g/mol. The Bertz CT molecular complexity index is 193. The molecule has 1 aliphatic rings. The van der Waals surface area contributed by atoms with Crippen LogP contribution in [0, 0.1) is 0 Å². The Kier molecular flexibility index (Phi) is 3.92. The van der Waals surface area contributed by atoms with Crippen LogP contribution in [0.5, 0.6) is 0 Å². The molecule has 0 aliphatic carbocycles. The number of aliphatic hydroxyl groups is 1. The lowest BCUT2D eigenvalue weighted by molar-refractivity contribution is -0.138. The number of carbonyl (C=O) groups excluding carboxylic acids is 1. The van der Waals surface area contributed by atoms with Gasteiger partial charge < -0.3 is 9.84 Å². The predicted molar refractivity (Wildman–Crippen MR) is 48.0 cm³/mol. The van der Waals surface area contributed by atoms with Crippen molar-refractivity contribution in [2.24, 2.45) is 0 Å². The van der Waals surface area contributed by atoms with Gasteiger partial charge in [-0.1, -0.05) is 6.58 Å². The summed E-state index contributed by atoms with van der Waals surface area (Å²) in [6.45, 7) is 5.09. The minimum absolute atomic E-state index is 0.321. The third-order valence-corrected chi connectivity index (χ3v) is 2.12. The molecule has 1 N–H and O–H groups in total. The zero-order valence-electron chi connectivity index (χ0n) is 7.61. The Labute approximate surface area is 77.8 Å². The van der Waals surface area contributed by atoms with E-state index in [2.05, 4.69) is 6.58 Å². The molecule has 4 nitrogen and oxygen atoms in total. The highest BCUT2D eigenvalue weighted by Crippen LogP contribution is 2.13. The van der Waals surface area contributed by atoms with Crippen molar-refractivity contribution in [3.63, 3.8) is 0 Å². The normalized spacial score (nSPS) is 23.0. The number of likely N-dealkylation sites (tertiary alicyclic amines) is 1. The summed E-state index contributed by atoms with van der Waals surface area (Å²) in [5.74, 6) is -0.409. The molecule has 1 fully saturated rings. The number of hydrogen-bond acceptors (Lipinski definition) is 4. The van der Waals surface area contributed by atoms with Crippen molar-refractivity contribution in [1.82, 2.24) is 4.90 Å². The van der Waals surface area contributed by atoms with Gasteiger partial charge in [-0.15, -0.1) is 0 Å². The molecule has 13 heavy (non-hydrogen) atoms. The second-order valence-electron chi connectivity index (χ2n) is 3.03. The molecular formula is C9H15NO3. The van der Waals surface area contributed by atoms with Gasteiger partial charge in [0.15, 0.2) is 0 Å². The van der Waals surface area contributed by atoms with Gasteiger partial charge in [0.25, 0.3) is 0 Å². The smallest absolute Gasteiger partial charge is 0.330 e. The third kappa shape index (κ3) is 3.16. The van der Waals surface area contributed by atoms with Gasteiger partial charge in [-0.2, -0.15) is 0 Å². The first-order valence-electron chi connectivity index (χ1n) is 4.45. The van der Waals surface area contributed by atoms with Gasteiger partial charge in [-0.25, -0.2) is 4.79 Å². The lowest BCUT2D eigenvalue weighted by Gasteiger charge is -2.18. The number of aliphatic hydroxyl groups excluding tert-OH is 1. The summed E-state index contributed by atoms with van der Waals surface area (Å²) >= 11 is 0. The topological polar surface area (TPSA) is 49.8 Å². The van der Waals surface area contributed by atoms with Crippen LogP contribution in [-0.4, -0.2) is 41.9 Å². The first-order valence-corrected chi connectivity index (χ1v) is 4.45. The van der Waals surface area contributed by atoms with Crippen LogP contribution in [0.25, 0.3) is 0 Å². The fourth-order valence-corrected chi connectivity index (χ4v) is 1.39. The van der Waals surface area contributed by atoms with Crippen molar-refractivity contribution >= 4 is 5.97 Å². The van der Waals surface area contributed by atoms with Gasteiger partial charge in [0, 0.05) is 19.2 Å². The minimum Gasteiger partial charge on any atom is -0.461 e. The lowest BCUT2D eigenvalue weighted by atomic mass is 10.4. The van der Waals surface area contributed by atoms with E-state index < -0.39 is 5.97 Å². The molecule has 0 aromatic carbocycles. The molecule has 1 saturated heterocycles. The van der Waals surface area contributed by atoms with E-state index in [1.165, 1.54) is 0 Å². The van der Waals surface area contributed by atoms with Crippen molar-refractivity contribution in [2.45, 2.75) is 19.1 Å². The fourth-order valence-electron chi connectivity index (χ4n) is 1.39. The third-order valence-electron chi connectivity index (χ3n) is 2.12. The largest absolute Gasteiger partial charge is 0.461 e. The Hall–Kier alpha value is -0.870.